The number of nitrogens with zero attached hydrogens (tertiary/aromatic N) is 1. The number of ether oxygens (including phenoxy) is 1. The molecular formula is C12H15ClN2O3S2. The minimum atomic E-state index is -3.70. The summed E-state index contributed by atoms with van der Waals surface area (Å²) in [7, 11) is -2.18. The van der Waals surface area contributed by atoms with Gasteiger partial charge < -0.3 is 10.5 Å². The molecule has 1 aliphatic rings. The van der Waals surface area contributed by atoms with Crippen molar-refractivity contribution in [3.63, 3.8) is 0 Å². The van der Waals surface area contributed by atoms with Crippen LogP contribution in [0.2, 0.25) is 5.02 Å². The minimum Gasteiger partial charge on any atom is -0.389 e. The highest BCUT2D eigenvalue weighted by atomic mass is 35.5. The highest BCUT2D eigenvalue weighted by molar-refractivity contribution is 7.89. The number of sulfonamides is 1. The summed E-state index contributed by atoms with van der Waals surface area (Å²) in [5.74, 6) is 0. The predicted octanol–water partition coefficient (Wildman–Crippen LogP) is 1.38. The van der Waals surface area contributed by atoms with Gasteiger partial charge in [0, 0.05) is 19.2 Å². The van der Waals surface area contributed by atoms with Gasteiger partial charge in [0.2, 0.25) is 10.0 Å². The van der Waals surface area contributed by atoms with E-state index in [1.165, 1.54) is 23.5 Å². The van der Waals surface area contributed by atoms with Crippen LogP contribution in [0.5, 0.6) is 0 Å². The van der Waals surface area contributed by atoms with Crippen molar-refractivity contribution in [1.29, 1.82) is 0 Å². The van der Waals surface area contributed by atoms with Crippen LogP contribution < -0.4 is 5.73 Å². The van der Waals surface area contributed by atoms with Gasteiger partial charge in [-0.1, -0.05) is 29.9 Å². The van der Waals surface area contributed by atoms with Gasteiger partial charge in [0.05, 0.1) is 17.7 Å². The van der Waals surface area contributed by atoms with Gasteiger partial charge in [0.25, 0.3) is 0 Å². The molecule has 0 bridgehead atoms. The molecule has 0 spiro atoms. The molecule has 8 heteroatoms. The molecule has 1 unspecified atom stereocenters. The topological polar surface area (TPSA) is 72.6 Å². The fourth-order valence-corrected chi connectivity index (χ4v) is 4.01. The van der Waals surface area contributed by atoms with Crippen LogP contribution >= 0.6 is 23.8 Å². The third-order valence-corrected chi connectivity index (χ3v) is 5.92. The van der Waals surface area contributed by atoms with Crippen molar-refractivity contribution in [3.05, 3.63) is 28.8 Å². The second-order valence-corrected chi connectivity index (χ2v) is 7.36. The van der Waals surface area contributed by atoms with E-state index in [9.17, 15) is 8.42 Å². The normalized spacial score (nSPS) is 19.4. The molecule has 5 nitrogen and oxygen atoms in total. The van der Waals surface area contributed by atoms with Crippen molar-refractivity contribution in [2.45, 2.75) is 17.4 Å². The Balaban J connectivity index is 2.42. The number of halogens is 1. The number of rotatable bonds is 4. The van der Waals surface area contributed by atoms with Crippen molar-refractivity contribution >= 4 is 38.8 Å². The number of benzene rings is 1. The maximum Gasteiger partial charge on any atom is 0.244 e. The third-order valence-electron chi connectivity index (χ3n) is 3.29. The van der Waals surface area contributed by atoms with Crippen molar-refractivity contribution in [3.8, 4) is 0 Å². The summed E-state index contributed by atoms with van der Waals surface area (Å²) in [6, 6.07) is 4.32. The monoisotopic (exact) mass is 334 g/mol. The lowest BCUT2D eigenvalue weighted by Crippen LogP contribution is -2.37. The highest BCUT2D eigenvalue weighted by Gasteiger charge is 2.32. The molecule has 0 amide bonds. The van der Waals surface area contributed by atoms with Crippen LogP contribution in [0, 0.1) is 0 Å². The molecule has 1 aliphatic heterocycles. The van der Waals surface area contributed by atoms with Crippen molar-refractivity contribution in [1.82, 2.24) is 4.31 Å². The molecule has 1 saturated heterocycles. The van der Waals surface area contributed by atoms with Gasteiger partial charge in [-0.25, -0.2) is 8.42 Å². The molecule has 110 valence electrons. The lowest BCUT2D eigenvalue weighted by atomic mass is 10.2. The first-order valence-electron chi connectivity index (χ1n) is 5.99. The lowest BCUT2D eigenvalue weighted by molar-refractivity contribution is 0.181. The first-order chi connectivity index (χ1) is 9.34. The maximum atomic E-state index is 12.6. The first-order valence-corrected chi connectivity index (χ1v) is 8.22. The molecule has 1 heterocycles. The summed E-state index contributed by atoms with van der Waals surface area (Å²) in [5.41, 5.74) is 6.01. The Hall–Kier alpha value is -0.730. The van der Waals surface area contributed by atoms with E-state index in [-0.39, 0.29) is 20.9 Å². The molecule has 20 heavy (non-hydrogen) atoms. The van der Waals surface area contributed by atoms with E-state index in [1.54, 1.807) is 6.07 Å². The summed E-state index contributed by atoms with van der Waals surface area (Å²) < 4.78 is 31.8. The van der Waals surface area contributed by atoms with Crippen LogP contribution in [0.15, 0.2) is 23.1 Å². The Kier molecular flexibility index (Phi) is 4.66. The SMILES string of the molecule is CN(C1CCOC1)S(=O)(=O)c1cc(C(N)=S)ccc1Cl. The van der Waals surface area contributed by atoms with Gasteiger partial charge in [-0.2, -0.15) is 4.31 Å². The minimum absolute atomic E-state index is 0.0128. The van der Waals surface area contributed by atoms with E-state index in [1.807, 2.05) is 0 Å². The Morgan fingerprint density at radius 3 is 2.80 bits per heavy atom. The Morgan fingerprint density at radius 1 is 1.55 bits per heavy atom. The van der Waals surface area contributed by atoms with Crippen LogP contribution in [-0.2, 0) is 14.8 Å². The van der Waals surface area contributed by atoms with Crippen molar-refractivity contribution in [2.24, 2.45) is 5.73 Å². The lowest BCUT2D eigenvalue weighted by Gasteiger charge is -2.23. The average Bonchev–Trinajstić information content (AvgIpc) is 2.91. The van der Waals surface area contributed by atoms with Gasteiger partial charge in [-0.05, 0) is 18.6 Å². The molecule has 1 aromatic rings. The summed E-state index contributed by atoms with van der Waals surface area (Å²) in [5, 5.41) is 0.149. The molecular weight excluding hydrogens is 320 g/mol. The summed E-state index contributed by atoms with van der Waals surface area (Å²) in [4.78, 5) is 0.142. The van der Waals surface area contributed by atoms with E-state index in [4.69, 9.17) is 34.3 Å². The Morgan fingerprint density at radius 2 is 2.25 bits per heavy atom. The first kappa shape index (κ1) is 15.7. The molecule has 1 aromatic carbocycles. The zero-order chi connectivity index (χ0) is 14.9. The van der Waals surface area contributed by atoms with Gasteiger partial charge in [-0.3, -0.25) is 0 Å². The molecule has 0 radical (unpaired) electrons. The molecule has 2 N–H and O–H groups in total. The summed E-state index contributed by atoms with van der Waals surface area (Å²) >= 11 is 10.9. The third kappa shape index (κ3) is 2.96. The highest BCUT2D eigenvalue weighted by Crippen LogP contribution is 2.27. The fourth-order valence-electron chi connectivity index (χ4n) is 2.01. The van der Waals surface area contributed by atoms with E-state index < -0.39 is 10.0 Å². The second kappa shape index (κ2) is 5.95. The average molecular weight is 335 g/mol. The zero-order valence-corrected chi connectivity index (χ0v) is 13.3. The zero-order valence-electron chi connectivity index (χ0n) is 10.9. The van der Waals surface area contributed by atoms with Crippen LogP contribution in [0.4, 0.5) is 0 Å². The molecule has 1 atom stereocenters. The predicted molar refractivity (Wildman–Crippen MR) is 81.5 cm³/mol. The smallest absolute Gasteiger partial charge is 0.244 e. The number of thiocarbonyl (C=S) groups is 1. The molecule has 0 aromatic heterocycles. The summed E-state index contributed by atoms with van der Waals surface area (Å²) in [6.45, 7) is 0.952. The summed E-state index contributed by atoms with van der Waals surface area (Å²) in [6.07, 6.45) is 0.669. The van der Waals surface area contributed by atoms with Crippen LogP contribution in [0.1, 0.15) is 12.0 Å². The van der Waals surface area contributed by atoms with Gasteiger partial charge in [0.15, 0.2) is 0 Å². The Labute approximate surface area is 128 Å². The Bertz CT molecular complexity index is 628. The van der Waals surface area contributed by atoms with Crippen LogP contribution in [0.25, 0.3) is 0 Å². The number of hydrogen-bond acceptors (Lipinski definition) is 4. The van der Waals surface area contributed by atoms with Crippen LogP contribution in [-0.4, -0.2) is 44.0 Å². The standard InChI is InChI=1S/C12H15ClN2O3S2/c1-15(9-4-5-18-7-9)20(16,17)11-6-8(12(14)19)2-3-10(11)13/h2-3,6,9H,4-5,7H2,1H3,(H2,14,19). The van der Waals surface area contributed by atoms with Crippen molar-refractivity contribution in [2.75, 3.05) is 20.3 Å². The maximum absolute atomic E-state index is 12.6. The molecule has 2 rings (SSSR count). The van der Waals surface area contributed by atoms with E-state index >= 15 is 0 Å². The number of hydrogen-bond donors (Lipinski definition) is 1. The van der Waals surface area contributed by atoms with E-state index in [0.29, 0.717) is 25.2 Å². The quantitative estimate of drug-likeness (QED) is 0.842. The molecule has 0 aliphatic carbocycles. The van der Waals surface area contributed by atoms with Crippen molar-refractivity contribution < 1.29 is 13.2 Å². The second-order valence-electron chi connectivity index (χ2n) is 4.55. The largest absolute Gasteiger partial charge is 0.389 e. The van der Waals surface area contributed by atoms with Crippen LogP contribution in [0.3, 0.4) is 0 Å². The van der Waals surface area contributed by atoms with E-state index in [2.05, 4.69) is 0 Å². The number of likely N-dealkylation sites (N-methyl/N-ethyl adjacent to an activating group) is 1. The fraction of sp³-hybridized carbons (Fsp3) is 0.417. The van der Waals surface area contributed by atoms with Gasteiger partial charge in [0.1, 0.15) is 9.88 Å². The van der Waals surface area contributed by atoms with E-state index in [0.717, 1.165) is 0 Å². The molecule has 0 saturated carbocycles. The van der Waals surface area contributed by atoms with Gasteiger partial charge in [-0.15, -0.1) is 0 Å². The number of nitrogens with two attached hydrogens (primary N) is 1. The van der Waals surface area contributed by atoms with Gasteiger partial charge >= 0.3 is 0 Å². The molecule has 1 fully saturated rings.